The highest BCUT2D eigenvalue weighted by molar-refractivity contribution is 7.09. The number of aromatic nitrogens is 1. The van der Waals surface area contributed by atoms with Crippen LogP contribution in [0.5, 0.6) is 0 Å². The summed E-state index contributed by atoms with van der Waals surface area (Å²) in [4.78, 5) is 17.0. The number of rotatable bonds is 5. The molecule has 0 aliphatic rings. The van der Waals surface area contributed by atoms with Crippen molar-refractivity contribution in [3.05, 3.63) is 40.2 Å². The molecular formula is C14H17N3O2S. The summed E-state index contributed by atoms with van der Waals surface area (Å²) < 4.78 is 4.65. The zero-order valence-electron chi connectivity index (χ0n) is 11.4. The third kappa shape index (κ3) is 3.48. The first kappa shape index (κ1) is 14.3. The minimum atomic E-state index is -0.473. The smallest absolute Gasteiger partial charge is 0.356 e. The number of ether oxygens (including phenoxy) is 1. The van der Waals surface area contributed by atoms with Crippen LogP contribution in [0.25, 0.3) is 0 Å². The number of methoxy groups -OCH3 is 1. The van der Waals surface area contributed by atoms with Gasteiger partial charge in [0, 0.05) is 17.3 Å². The van der Waals surface area contributed by atoms with E-state index in [0.29, 0.717) is 11.5 Å². The number of hydrogen-bond acceptors (Lipinski definition) is 6. The van der Waals surface area contributed by atoms with E-state index >= 15 is 0 Å². The molecule has 2 rings (SSSR count). The fourth-order valence-corrected chi connectivity index (χ4v) is 2.65. The van der Waals surface area contributed by atoms with Gasteiger partial charge in [-0.1, -0.05) is 6.07 Å². The molecule has 0 bridgehead atoms. The van der Waals surface area contributed by atoms with Gasteiger partial charge in [0.25, 0.3) is 0 Å². The van der Waals surface area contributed by atoms with Crippen LogP contribution in [0.1, 0.15) is 22.3 Å². The molecule has 2 heterocycles. The molecule has 1 atom stereocenters. The van der Waals surface area contributed by atoms with Crippen LogP contribution >= 0.6 is 11.3 Å². The number of pyridine rings is 1. The van der Waals surface area contributed by atoms with E-state index in [-0.39, 0.29) is 11.7 Å². The van der Waals surface area contributed by atoms with E-state index in [2.05, 4.69) is 21.1 Å². The molecule has 0 radical (unpaired) electrons. The average molecular weight is 291 g/mol. The van der Waals surface area contributed by atoms with Gasteiger partial charge in [-0.2, -0.15) is 0 Å². The summed E-state index contributed by atoms with van der Waals surface area (Å²) in [6, 6.07) is 7.48. The number of hydrogen-bond donors (Lipinski definition) is 2. The minimum Gasteiger partial charge on any atom is -0.464 e. The van der Waals surface area contributed by atoms with Gasteiger partial charge in [0.1, 0.15) is 5.82 Å². The number of nitrogen functional groups attached to an aromatic ring is 1. The number of nitrogens with zero attached hydrogens (tertiary/aromatic N) is 1. The Morgan fingerprint density at radius 3 is 2.95 bits per heavy atom. The van der Waals surface area contributed by atoms with Crippen molar-refractivity contribution in [3.8, 4) is 0 Å². The van der Waals surface area contributed by atoms with Crippen LogP contribution < -0.4 is 11.1 Å². The predicted octanol–water partition coefficient (Wildman–Crippen LogP) is 2.56. The van der Waals surface area contributed by atoms with E-state index in [1.807, 2.05) is 18.4 Å². The summed E-state index contributed by atoms with van der Waals surface area (Å²) in [6.45, 7) is 2.05. The molecule has 3 N–H and O–H groups in total. The van der Waals surface area contributed by atoms with Gasteiger partial charge in [-0.3, -0.25) is 0 Å². The lowest BCUT2D eigenvalue weighted by molar-refractivity contribution is 0.0594. The van der Waals surface area contributed by atoms with E-state index in [1.165, 1.54) is 12.0 Å². The molecule has 0 fully saturated rings. The van der Waals surface area contributed by atoms with Crippen LogP contribution in [0, 0.1) is 0 Å². The minimum absolute atomic E-state index is 0.163. The highest BCUT2D eigenvalue weighted by Gasteiger charge is 2.12. The number of carbonyl (C=O) groups excluding carboxylic acids is 1. The Labute approximate surface area is 121 Å². The van der Waals surface area contributed by atoms with Gasteiger partial charge in [-0.15, -0.1) is 11.3 Å². The summed E-state index contributed by atoms with van der Waals surface area (Å²) in [6.07, 6.45) is 0.876. The van der Waals surface area contributed by atoms with Gasteiger partial charge < -0.3 is 15.8 Å². The molecule has 0 spiro atoms. The molecule has 0 saturated heterocycles. The Balaban J connectivity index is 2.09. The number of esters is 1. The van der Waals surface area contributed by atoms with E-state index in [0.717, 1.165) is 6.42 Å². The molecule has 0 amide bonds. The molecule has 0 aliphatic carbocycles. The maximum atomic E-state index is 11.5. The Morgan fingerprint density at radius 2 is 2.30 bits per heavy atom. The van der Waals surface area contributed by atoms with Crippen LogP contribution in [0.3, 0.4) is 0 Å². The molecular weight excluding hydrogens is 274 g/mol. The molecule has 6 heteroatoms. The number of carbonyl (C=O) groups is 1. The molecule has 1 unspecified atom stereocenters. The second kappa shape index (κ2) is 6.38. The summed E-state index contributed by atoms with van der Waals surface area (Å²) in [5.41, 5.74) is 6.63. The van der Waals surface area contributed by atoms with Crippen LogP contribution in [0.4, 0.5) is 11.5 Å². The van der Waals surface area contributed by atoms with Gasteiger partial charge in [-0.25, -0.2) is 9.78 Å². The molecule has 106 valence electrons. The lowest BCUT2D eigenvalue weighted by Gasteiger charge is -2.15. The van der Waals surface area contributed by atoms with Crippen LogP contribution in [-0.2, 0) is 11.2 Å². The SMILES string of the molecule is COC(=O)c1ccc(N)c(NC(C)Cc2cccs2)n1. The van der Waals surface area contributed by atoms with Gasteiger partial charge in [0.05, 0.1) is 12.8 Å². The van der Waals surface area contributed by atoms with Gasteiger partial charge in [0.2, 0.25) is 0 Å². The molecule has 5 nitrogen and oxygen atoms in total. The first-order valence-electron chi connectivity index (χ1n) is 6.24. The van der Waals surface area contributed by atoms with Crippen molar-refractivity contribution < 1.29 is 9.53 Å². The topological polar surface area (TPSA) is 77.2 Å². The Hall–Kier alpha value is -2.08. The first-order valence-corrected chi connectivity index (χ1v) is 7.12. The van der Waals surface area contributed by atoms with E-state index < -0.39 is 5.97 Å². The van der Waals surface area contributed by atoms with Crippen LogP contribution in [-0.4, -0.2) is 24.1 Å². The molecule has 0 saturated carbocycles. The fraction of sp³-hybridized carbons (Fsp3) is 0.286. The maximum Gasteiger partial charge on any atom is 0.356 e. The van der Waals surface area contributed by atoms with Crippen molar-refractivity contribution in [3.63, 3.8) is 0 Å². The zero-order chi connectivity index (χ0) is 14.5. The molecule has 20 heavy (non-hydrogen) atoms. The van der Waals surface area contributed by atoms with Crippen molar-refractivity contribution in [2.24, 2.45) is 0 Å². The normalized spacial score (nSPS) is 11.9. The van der Waals surface area contributed by atoms with Crippen molar-refractivity contribution in [1.29, 1.82) is 0 Å². The Bertz CT molecular complexity index is 584. The summed E-state index contributed by atoms with van der Waals surface area (Å²) in [7, 11) is 1.33. The number of nitrogens with one attached hydrogen (secondary N) is 1. The number of thiophene rings is 1. The number of anilines is 2. The van der Waals surface area contributed by atoms with E-state index in [4.69, 9.17) is 5.73 Å². The standard InChI is InChI=1S/C14H17N3O2S/c1-9(8-10-4-3-7-20-10)16-13-11(15)5-6-12(17-13)14(18)19-2/h3-7,9H,8,15H2,1-2H3,(H,16,17). The lowest BCUT2D eigenvalue weighted by Crippen LogP contribution is -2.20. The quantitative estimate of drug-likeness (QED) is 0.828. The highest BCUT2D eigenvalue weighted by Crippen LogP contribution is 2.19. The Kier molecular flexibility index (Phi) is 4.57. The lowest BCUT2D eigenvalue weighted by atomic mass is 10.2. The van der Waals surface area contributed by atoms with Crippen molar-refractivity contribution in [2.45, 2.75) is 19.4 Å². The fourth-order valence-electron chi connectivity index (χ4n) is 1.82. The van der Waals surface area contributed by atoms with Crippen LogP contribution in [0.15, 0.2) is 29.6 Å². The molecule has 0 aromatic carbocycles. The largest absolute Gasteiger partial charge is 0.464 e. The van der Waals surface area contributed by atoms with E-state index in [9.17, 15) is 4.79 Å². The van der Waals surface area contributed by atoms with Gasteiger partial charge in [-0.05, 0) is 30.5 Å². The van der Waals surface area contributed by atoms with Crippen molar-refractivity contribution in [1.82, 2.24) is 4.98 Å². The Morgan fingerprint density at radius 1 is 1.50 bits per heavy atom. The summed E-state index contributed by atoms with van der Waals surface area (Å²) >= 11 is 1.71. The monoisotopic (exact) mass is 291 g/mol. The third-order valence-corrected chi connectivity index (χ3v) is 3.69. The third-order valence-electron chi connectivity index (χ3n) is 2.79. The van der Waals surface area contributed by atoms with Gasteiger partial charge in [0.15, 0.2) is 5.69 Å². The van der Waals surface area contributed by atoms with Crippen molar-refractivity contribution >= 4 is 28.8 Å². The predicted molar refractivity (Wildman–Crippen MR) is 81.1 cm³/mol. The maximum absolute atomic E-state index is 11.5. The average Bonchev–Trinajstić information content (AvgIpc) is 2.93. The summed E-state index contributed by atoms with van der Waals surface area (Å²) in [5, 5.41) is 5.28. The first-order chi connectivity index (χ1) is 9.60. The van der Waals surface area contributed by atoms with Gasteiger partial charge >= 0.3 is 5.97 Å². The second-order valence-electron chi connectivity index (χ2n) is 4.45. The molecule has 2 aromatic rings. The highest BCUT2D eigenvalue weighted by atomic mass is 32.1. The number of nitrogens with two attached hydrogens (primary N) is 1. The molecule has 2 aromatic heterocycles. The van der Waals surface area contributed by atoms with Crippen molar-refractivity contribution in [2.75, 3.05) is 18.2 Å². The zero-order valence-corrected chi connectivity index (χ0v) is 12.2. The second-order valence-corrected chi connectivity index (χ2v) is 5.49. The van der Waals surface area contributed by atoms with Crippen LogP contribution in [0.2, 0.25) is 0 Å². The molecule has 0 aliphatic heterocycles. The summed E-state index contributed by atoms with van der Waals surface area (Å²) in [5.74, 6) is 0.0379. The van der Waals surface area contributed by atoms with E-state index in [1.54, 1.807) is 23.5 Å².